The third-order valence-corrected chi connectivity index (χ3v) is 2.81. The molecule has 2 aromatic heterocycles. The van der Waals surface area contributed by atoms with Crippen molar-refractivity contribution in [3.05, 3.63) is 22.7 Å². The molecule has 0 saturated carbocycles. The van der Waals surface area contributed by atoms with Gasteiger partial charge in [0, 0.05) is 0 Å². The summed E-state index contributed by atoms with van der Waals surface area (Å²) in [5.41, 5.74) is 7.14. The van der Waals surface area contributed by atoms with Gasteiger partial charge in [0.1, 0.15) is 11.2 Å². The Morgan fingerprint density at radius 1 is 1.27 bits per heavy atom. The molecule has 0 aliphatic carbocycles. The van der Waals surface area contributed by atoms with E-state index in [1.807, 2.05) is 18.2 Å². The highest BCUT2D eigenvalue weighted by Gasteiger charge is 2.00. The van der Waals surface area contributed by atoms with Crippen LogP contribution in [0, 0.1) is 0 Å². The standard InChI is InChI=1S/C6H3BrO.C6H15N/c7-5-3-4-1-2-6(5)8-4;1-2-3-4-5-6-7/h1-3H;2-7H2,1H3. The van der Waals surface area contributed by atoms with Gasteiger partial charge in [-0.15, -0.1) is 0 Å². The second-order valence-electron chi connectivity index (χ2n) is 3.54. The topological polar surface area (TPSA) is 39.2 Å². The van der Waals surface area contributed by atoms with Crippen molar-refractivity contribution < 1.29 is 4.42 Å². The van der Waals surface area contributed by atoms with Crippen LogP contribution in [0.25, 0.3) is 11.2 Å². The monoisotopic (exact) mass is 271 g/mol. The average molecular weight is 272 g/mol. The summed E-state index contributed by atoms with van der Waals surface area (Å²) in [7, 11) is 0. The molecule has 0 fully saturated rings. The van der Waals surface area contributed by atoms with Crippen molar-refractivity contribution in [2.75, 3.05) is 6.54 Å². The van der Waals surface area contributed by atoms with Crippen molar-refractivity contribution in [1.29, 1.82) is 0 Å². The van der Waals surface area contributed by atoms with Crippen LogP contribution >= 0.6 is 15.9 Å². The number of hydrogen-bond acceptors (Lipinski definition) is 2. The van der Waals surface area contributed by atoms with Crippen LogP contribution in [0.2, 0.25) is 0 Å². The molecule has 0 unspecified atom stereocenters. The summed E-state index contributed by atoms with van der Waals surface area (Å²) in [5.74, 6) is 0. The van der Waals surface area contributed by atoms with Crippen LogP contribution in [0.15, 0.2) is 27.1 Å². The number of unbranched alkanes of at least 4 members (excludes halogenated alkanes) is 3. The van der Waals surface area contributed by atoms with E-state index in [1.165, 1.54) is 25.7 Å². The Balaban J connectivity index is 0.000000153. The first-order valence-corrected chi connectivity index (χ1v) is 6.24. The second-order valence-corrected chi connectivity index (χ2v) is 4.40. The summed E-state index contributed by atoms with van der Waals surface area (Å²) in [6.07, 6.45) is 5.16. The van der Waals surface area contributed by atoms with Crippen molar-refractivity contribution >= 4 is 27.1 Å². The zero-order valence-electron chi connectivity index (χ0n) is 9.13. The second kappa shape index (κ2) is 6.85. The van der Waals surface area contributed by atoms with Crippen molar-refractivity contribution in [2.45, 2.75) is 32.6 Å². The molecule has 0 aliphatic rings. The van der Waals surface area contributed by atoms with Crippen LogP contribution in [-0.4, -0.2) is 6.54 Å². The SMILES string of the molecule is Brc1cc2ccc1o2.CCCCCCN. The van der Waals surface area contributed by atoms with Crippen molar-refractivity contribution in [2.24, 2.45) is 5.73 Å². The fourth-order valence-electron chi connectivity index (χ4n) is 1.33. The largest absolute Gasteiger partial charge is 0.456 e. The third-order valence-electron chi connectivity index (χ3n) is 2.19. The molecule has 0 atom stereocenters. The van der Waals surface area contributed by atoms with Crippen LogP contribution < -0.4 is 5.73 Å². The molecule has 0 spiro atoms. The molecule has 2 rings (SSSR count). The Bertz CT molecular complexity index is 354. The predicted molar refractivity (Wildman–Crippen MR) is 68.3 cm³/mol. The minimum atomic E-state index is 0.861. The number of halogens is 1. The van der Waals surface area contributed by atoms with Gasteiger partial charge in [-0.05, 0) is 47.1 Å². The molecule has 84 valence electrons. The Morgan fingerprint density at radius 3 is 2.40 bits per heavy atom. The van der Waals surface area contributed by atoms with E-state index in [1.54, 1.807) is 0 Å². The molecule has 0 amide bonds. The lowest BCUT2D eigenvalue weighted by Gasteiger charge is -1.90. The summed E-state index contributed by atoms with van der Waals surface area (Å²) in [6.45, 7) is 3.07. The summed E-state index contributed by atoms with van der Waals surface area (Å²) in [5, 5.41) is 0. The van der Waals surface area contributed by atoms with E-state index in [2.05, 4.69) is 22.9 Å². The van der Waals surface area contributed by atoms with Crippen LogP contribution in [-0.2, 0) is 0 Å². The molecular weight excluding hydrogens is 254 g/mol. The van der Waals surface area contributed by atoms with Gasteiger partial charge >= 0.3 is 0 Å². The first kappa shape index (κ1) is 12.5. The smallest absolute Gasteiger partial charge is 0.141 e. The molecule has 2 bridgehead atoms. The molecule has 0 saturated heterocycles. The van der Waals surface area contributed by atoms with Gasteiger partial charge in [-0.2, -0.15) is 0 Å². The number of hydrogen-bond donors (Lipinski definition) is 1. The number of benzene rings is 1. The van der Waals surface area contributed by atoms with Crippen molar-refractivity contribution in [3.63, 3.8) is 0 Å². The zero-order chi connectivity index (χ0) is 11.1. The van der Waals surface area contributed by atoms with Gasteiger partial charge in [-0.1, -0.05) is 26.2 Å². The lowest BCUT2D eigenvalue weighted by molar-refractivity contribution is 0.674. The molecule has 0 radical (unpaired) electrons. The van der Waals surface area contributed by atoms with E-state index in [0.29, 0.717) is 0 Å². The molecule has 2 nitrogen and oxygen atoms in total. The number of furan rings is 2. The van der Waals surface area contributed by atoms with E-state index in [9.17, 15) is 0 Å². The fourth-order valence-corrected chi connectivity index (χ4v) is 1.76. The minimum absolute atomic E-state index is 0.861. The van der Waals surface area contributed by atoms with Crippen LogP contribution in [0.3, 0.4) is 0 Å². The van der Waals surface area contributed by atoms with E-state index >= 15 is 0 Å². The van der Waals surface area contributed by atoms with Crippen LogP contribution in [0.1, 0.15) is 32.6 Å². The normalized spacial score (nSPS) is 10.3. The highest BCUT2D eigenvalue weighted by atomic mass is 79.9. The van der Waals surface area contributed by atoms with Crippen molar-refractivity contribution in [1.82, 2.24) is 0 Å². The van der Waals surface area contributed by atoms with E-state index in [0.717, 1.165) is 22.2 Å². The predicted octanol–water partition coefficient (Wildman–Crippen LogP) is 4.16. The number of fused-ring (bicyclic) bond motifs is 2. The fraction of sp³-hybridized carbons (Fsp3) is 0.500. The molecule has 2 aromatic rings. The Morgan fingerprint density at radius 2 is 2.07 bits per heavy atom. The number of nitrogens with two attached hydrogens (primary N) is 1. The highest BCUT2D eigenvalue weighted by molar-refractivity contribution is 9.10. The maximum Gasteiger partial charge on any atom is 0.141 e. The summed E-state index contributed by atoms with van der Waals surface area (Å²) < 4.78 is 6.22. The number of rotatable bonds is 4. The van der Waals surface area contributed by atoms with E-state index in [-0.39, 0.29) is 0 Å². The average Bonchev–Trinajstić information content (AvgIpc) is 2.81. The van der Waals surface area contributed by atoms with Crippen molar-refractivity contribution in [3.8, 4) is 0 Å². The van der Waals surface area contributed by atoms with E-state index in [4.69, 9.17) is 10.2 Å². The Kier molecular flexibility index (Phi) is 5.73. The molecule has 3 heteroatoms. The molecule has 15 heavy (non-hydrogen) atoms. The van der Waals surface area contributed by atoms with Crippen LogP contribution in [0.4, 0.5) is 0 Å². The Labute approximate surface area is 99.3 Å². The lowest BCUT2D eigenvalue weighted by Crippen LogP contribution is -1.97. The van der Waals surface area contributed by atoms with Gasteiger partial charge in [0.2, 0.25) is 0 Å². The third kappa shape index (κ3) is 4.22. The molecule has 2 heterocycles. The van der Waals surface area contributed by atoms with Gasteiger partial charge in [-0.3, -0.25) is 0 Å². The molecule has 2 N–H and O–H groups in total. The molecular formula is C12H18BrNO. The first-order valence-electron chi connectivity index (χ1n) is 5.45. The molecule has 0 aliphatic heterocycles. The Hall–Kier alpha value is -0.540. The van der Waals surface area contributed by atoms with E-state index < -0.39 is 0 Å². The maximum atomic E-state index is 5.27. The van der Waals surface area contributed by atoms with Gasteiger partial charge in [0.15, 0.2) is 0 Å². The quantitative estimate of drug-likeness (QED) is 0.849. The molecule has 0 aromatic carbocycles. The lowest BCUT2D eigenvalue weighted by atomic mass is 10.2. The van der Waals surface area contributed by atoms with Gasteiger partial charge in [-0.25, -0.2) is 0 Å². The summed E-state index contributed by atoms with van der Waals surface area (Å²) in [4.78, 5) is 0. The summed E-state index contributed by atoms with van der Waals surface area (Å²) in [6, 6.07) is 5.84. The maximum absolute atomic E-state index is 5.27. The zero-order valence-corrected chi connectivity index (χ0v) is 10.7. The highest BCUT2D eigenvalue weighted by Crippen LogP contribution is 2.26. The van der Waals surface area contributed by atoms with Crippen LogP contribution in [0.5, 0.6) is 0 Å². The van der Waals surface area contributed by atoms with Gasteiger partial charge in [0.05, 0.1) is 4.47 Å². The summed E-state index contributed by atoms with van der Waals surface area (Å²) >= 11 is 3.32. The minimum Gasteiger partial charge on any atom is -0.456 e. The van der Waals surface area contributed by atoms with Gasteiger partial charge < -0.3 is 10.2 Å². The van der Waals surface area contributed by atoms with Gasteiger partial charge in [0.25, 0.3) is 0 Å². The first-order chi connectivity index (χ1) is 7.27.